The van der Waals surface area contributed by atoms with Crippen LogP contribution in [0.1, 0.15) is 32.1 Å². The van der Waals surface area contributed by atoms with Gasteiger partial charge in [0.1, 0.15) is 5.75 Å². The molecule has 1 fully saturated rings. The highest BCUT2D eigenvalue weighted by molar-refractivity contribution is 6.30. The van der Waals surface area contributed by atoms with Crippen molar-refractivity contribution in [3.8, 4) is 5.75 Å². The van der Waals surface area contributed by atoms with Gasteiger partial charge in [-0.25, -0.2) is 0 Å². The van der Waals surface area contributed by atoms with Gasteiger partial charge in [0, 0.05) is 23.7 Å². The van der Waals surface area contributed by atoms with Gasteiger partial charge in [0.05, 0.1) is 5.92 Å². The Morgan fingerprint density at radius 1 is 1.16 bits per heavy atom. The molecule has 1 saturated heterocycles. The van der Waals surface area contributed by atoms with Crippen LogP contribution in [0.25, 0.3) is 0 Å². The number of carbonyl (C=O) groups is 2. The quantitative estimate of drug-likeness (QED) is 0.621. The molecule has 31 heavy (non-hydrogen) atoms. The summed E-state index contributed by atoms with van der Waals surface area (Å²) in [6, 6.07) is 16.1. The van der Waals surface area contributed by atoms with Crippen LogP contribution < -0.4 is 15.0 Å². The third-order valence-electron chi connectivity index (χ3n) is 4.94. The van der Waals surface area contributed by atoms with Crippen molar-refractivity contribution in [1.29, 1.82) is 0 Å². The van der Waals surface area contributed by atoms with E-state index in [9.17, 15) is 9.59 Å². The molecule has 8 nitrogen and oxygen atoms in total. The topological polar surface area (TPSA) is 97.6 Å². The third kappa shape index (κ3) is 4.69. The Morgan fingerprint density at radius 2 is 1.87 bits per heavy atom. The van der Waals surface area contributed by atoms with Crippen LogP contribution in [-0.2, 0) is 9.59 Å². The highest BCUT2D eigenvalue weighted by Crippen LogP contribution is 2.31. The zero-order chi connectivity index (χ0) is 22.0. The molecule has 0 bridgehead atoms. The summed E-state index contributed by atoms with van der Waals surface area (Å²) in [4.78, 5) is 26.8. The summed E-state index contributed by atoms with van der Waals surface area (Å²) in [5, 5.41) is 11.1. The average molecular weight is 441 g/mol. The van der Waals surface area contributed by atoms with Crippen LogP contribution in [0.5, 0.6) is 5.75 Å². The molecule has 1 aromatic heterocycles. The first-order valence-corrected chi connectivity index (χ1v) is 10.1. The maximum atomic E-state index is 12.7. The monoisotopic (exact) mass is 440 g/mol. The smallest absolute Gasteiger partial charge is 0.322 e. The molecular weight excluding hydrogens is 420 g/mol. The fourth-order valence-electron chi connectivity index (χ4n) is 3.27. The molecule has 160 valence electrons. The number of para-hydroxylation sites is 1. The molecule has 1 atom stereocenters. The lowest BCUT2D eigenvalue weighted by atomic mass is 10.1. The Kier molecular flexibility index (Phi) is 5.65. The Labute approximate surface area is 184 Å². The SMILES string of the molecule is CC(C)(Oc1ccc(Cl)cc1)C(=O)Nc1nnc([C@@H]2CC(=O)N(c3ccccc3)C2)o1. The number of hydrogen-bond donors (Lipinski definition) is 1. The summed E-state index contributed by atoms with van der Waals surface area (Å²) in [7, 11) is 0. The summed E-state index contributed by atoms with van der Waals surface area (Å²) in [5.74, 6) is 0.0903. The lowest BCUT2D eigenvalue weighted by Crippen LogP contribution is -2.42. The molecule has 0 saturated carbocycles. The van der Waals surface area contributed by atoms with Crippen LogP contribution in [0.4, 0.5) is 11.7 Å². The first-order valence-electron chi connectivity index (χ1n) is 9.77. The van der Waals surface area contributed by atoms with E-state index >= 15 is 0 Å². The highest BCUT2D eigenvalue weighted by Gasteiger charge is 2.36. The molecule has 2 heterocycles. The molecule has 1 aliphatic rings. The van der Waals surface area contributed by atoms with E-state index in [1.54, 1.807) is 43.0 Å². The van der Waals surface area contributed by atoms with Crippen LogP contribution in [-0.4, -0.2) is 34.2 Å². The van der Waals surface area contributed by atoms with Gasteiger partial charge in [0.2, 0.25) is 11.8 Å². The number of halogens is 1. The molecule has 0 unspecified atom stereocenters. The van der Waals surface area contributed by atoms with Crippen LogP contribution in [0.2, 0.25) is 5.02 Å². The van der Waals surface area contributed by atoms with Crippen molar-refractivity contribution in [2.45, 2.75) is 31.8 Å². The van der Waals surface area contributed by atoms with E-state index in [0.29, 0.717) is 23.2 Å². The summed E-state index contributed by atoms with van der Waals surface area (Å²) in [6.07, 6.45) is 0.260. The van der Waals surface area contributed by atoms with Crippen LogP contribution in [0.3, 0.4) is 0 Å². The predicted octanol–water partition coefficient (Wildman–Crippen LogP) is 4.04. The number of anilines is 2. The summed E-state index contributed by atoms with van der Waals surface area (Å²) in [6.45, 7) is 3.69. The zero-order valence-corrected chi connectivity index (χ0v) is 17.8. The molecule has 3 aromatic rings. The van der Waals surface area contributed by atoms with Crippen molar-refractivity contribution in [1.82, 2.24) is 10.2 Å². The van der Waals surface area contributed by atoms with E-state index in [1.165, 1.54) is 0 Å². The second-order valence-electron chi connectivity index (χ2n) is 7.71. The summed E-state index contributed by atoms with van der Waals surface area (Å²) in [5.41, 5.74) is -0.375. The molecular formula is C22H21ClN4O4. The van der Waals surface area contributed by atoms with E-state index in [-0.39, 0.29) is 24.3 Å². The minimum absolute atomic E-state index is 0.0162. The number of nitrogens with zero attached hydrogens (tertiary/aromatic N) is 3. The molecule has 2 aromatic carbocycles. The van der Waals surface area contributed by atoms with Gasteiger partial charge in [0.15, 0.2) is 5.60 Å². The number of nitrogens with one attached hydrogen (secondary N) is 1. The van der Waals surface area contributed by atoms with E-state index in [4.69, 9.17) is 20.8 Å². The number of ether oxygens (including phenoxy) is 1. The molecule has 2 amide bonds. The predicted molar refractivity (Wildman–Crippen MR) is 115 cm³/mol. The lowest BCUT2D eigenvalue weighted by Gasteiger charge is -2.24. The molecule has 1 N–H and O–H groups in total. The zero-order valence-electron chi connectivity index (χ0n) is 17.0. The first kappa shape index (κ1) is 20.9. The van der Waals surface area contributed by atoms with Gasteiger partial charge in [-0.2, -0.15) is 0 Å². The van der Waals surface area contributed by atoms with Crippen molar-refractivity contribution in [2.75, 3.05) is 16.8 Å². The van der Waals surface area contributed by atoms with Gasteiger partial charge in [-0.15, -0.1) is 5.10 Å². The first-order chi connectivity index (χ1) is 14.8. The van der Waals surface area contributed by atoms with Gasteiger partial charge in [0.25, 0.3) is 5.91 Å². The van der Waals surface area contributed by atoms with Crippen molar-refractivity contribution < 1.29 is 18.7 Å². The third-order valence-corrected chi connectivity index (χ3v) is 5.19. The number of amides is 2. The fraction of sp³-hybridized carbons (Fsp3) is 0.273. The van der Waals surface area contributed by atoms with Crippen LogP contribution in [0, 0.1) is 0 Å². The molecule has 0 spiro atoms. The molecule has 4 rings (SSSR count). The summed E-state index contributed by atoms with van der Waals surface area (Å²) < 4.78 is 11.4. The number of rotatable bonds is 6. The average Bonchev–Trinajstić information content (AvgIpc) is 3.37. The normalized spacial score (nSPS) is 16.4. The number of benzene rings is 2. The maximum Gasteiger partial charge on any atom is 0.322 e. The van der Waals surface area contributed by atoms with Crippen LogP contribution >= 0.6 is 11.6 Å². The van der Waals surface area contributed by atoms with Gasteiger partial charge < -0.3 is 14.1 Å². The van der Waals surface area contributed by atoms with Gasteiger partial charge in [-0.1, -0.05) is 34.9 Å². The lowest BCUT2D eigenvalue weighted by molar-refractivity contribution is -0.128. The molecule has 9 heteroatoms. The van der Waals surface area contributed by atoms with Crippen molar-refractivity contribution in [2.24, 2.45) is 0 Å². The van der Waals surface area contributed by atoms with Gasteiger partial charge in [-0.05, 0) is 50.2 Å². The highest BCUT2D eigenvalue weighted by atomic mass is 35.5. The number of aromatic nitrogens is 2. The van der Waals surface area contributed by atoms with Crippen LogP contribution in [0.15, 0.2) is 59.0 Å². The molecule has 1 aliphatic heterocycles. The molecule has 0 radical (unpaired) electrons. The van der Waals surface area contributed by atoms with Crippen molar-refractivity contribution >= 4 is 35.1 Å². The fourth-order valence-corrected chi connectivity index (χ4v) is 3.40. The standard InChI is InChI=1S/C22H21ClN4O4/c1-22(2,31-17-10-8-15(23)9-11-17)20(29)24-21-26-25-19(30-21)14-12-18(28)27(13-14)16-6-4-3-5-7-16/h3-11,14H,12-13H2,1-2H3,(H,24,26,29)/t14-/m1/s1. The number of hydrogen-bond acceptors (Lipinski definition) is 6. The minimum atomic E-state index is -1.20. The largest absolute Gasteiger partial charge is 0.478 e. The van der Waals surface area contributed by atoms with Gasteiger partial charge in [-0.3, -0.25) is 14.9 Å². The van der Waals surface area contributed by atoms with E-state index < -0.39 is 11.5 Å². The Bertz CT molecular complexity index is 1080. The van der Waals surface area contributed by atoms with E-state index in [0.717, 1.165) is 5.69 Å². The second kappa shape index (κ2) is 8.39. The maximum absolute atomic E-state index is 12.7. The van der Waals surface area contributed by atoms with Crippen molar-refractivity contribution in [3.05, 3.63) is 65.5 Å². The Balaban J connectivity index is 1.40. The van der Waals surface area contributed by atoms with Gasteiger partial charge >= 0.3 is 6.01 Å². The molecule has 0 aliphatic carbocycles. The van der Waals surface area contributed by atoms with E-state index in [2.05, 4.69) is 15.5 Å². The summed E-state index contributed by atoms with van der Waals surface area (Å²) >= 11 is 5.88. The Morgan fingerprint density at radius 3 is 2.58 bits per heavy atom. The van der Waals surface area contributed by atoms with Crippen molar-refractivity contribution in [3.63, 3.8) is 0 Å². The van der Waals surface area contributed by atoms with E-state index in [1.807, 2.05) is 30.3 Å². The second-order valence-corrected chi connectivity index (χ2v) is 8.14. The minimum Gasteiger partial charge on any atom is -0.478 e. The number of carbonyl (C=O) groups excluding carboxylic acids is 2. The Hall–Kier alpha value is -3.39.